The van der Waals surface area contributed by atoms with Crippen molar-refractivity contribution in [3.05, 3.63) is 18.2 Å². The molecule has 4 heteroatoms. The van der Waals surface area contributed by atoms with E-state index < -0.39 is 0 Å². The van der Waals surface area contributed by atoms with Crippen molar-refractivity contribution in [1.82, 2.24) is 20.2 Å². The Morgan fingerprint density at radius 1 is 1.43 bits per heavy atom. The average Bonchev–Trinajstić information content (AvgIpc) is 2.54. The first-order valence-electron chi connectivity index (χ1n) is 5.20. The molecule has 1 saturated heterocycles. The minimum atomic E-state index is 0.578. The Hall–Kier alpha value is -0.870. The van der Waals surface area contributed by atoms with Gasteiger partial charge in [-0.2, -0.15) is 0 Å². The highest BCUT2D eigenvalue weighted by Gasteiger charge is 2.20. The van der Waals surface area contributed by atoms with Crippen molar-refractivity contribution in [2.24, 2.45) is 0 Å². The second-order valence-corrected chi connectivity index (χ2v) is 4.20. The van der Waals surface area contributed by atoms with Gasteiger partial charge in [0.25, 0.3) is 0 Å². The topological polar surface area (TPSA) is 44.0 Å². The van der Waals surface area contributed by atoms with E-state index in [1.165, 1.54) is 0 Å². The van der Waals surface area contributed by atoms with Crippen molar-refractivity contribution in [3.8, 4) is 0 Å². The monoisotopic (exact) mass is 194 g/mol. The van der Waals surface area contributed by atoms with Crippen molar-refractivity contribution in [3.63, 3.8) is 0 Å². The number of imidazole rings is 1. The first-order valence-corrected chi connectivity index (χ1v) is 5.20. The van der Waals surface area contributed by atoms with E-state index >= 15 is 0 Å². The van der Waals surface area contributed by atoms with Crippen LogP contribution in [0.25, 0.3) is 0 Å². The molecule has 0 spiro atoms. The van der Waals surface area contributed by atoms with E-state index in [4.69, 9.17) is 0 Å². The second kappa shape index (κ2) is 4.11. The number of hydrogen-bond donors (Lipinski definition) is 2. The lowest BCUT2D eigenvalue weighted by molar-refractivity contribution is 0.163. The van der Waals surface area contributed by atoms with Gasteiger partial charge in [0.1, 0.15) is 5.82 Å². The van der Waals surface area contributed by atoms with E-state index in [0.29, 0.717) is 12.1 Å². The third kappa shape index (κ3) is 2.33. The van der Waals surface area contributed by atoms with Crippen molar-refractivity contribution < 1.29 is 0 Å². The Morgan fingerprint density at radius 2 is 2.14 bits per heavy atom. The van der Waals surface area contributed by atoms with Crippen LogP contribution in [0.1, 0.15) is 19.7 Å². The van der Waals surface area contributed by atoms with Crippen LogP contribution in [0.2, 0.25) is 0 Å². The lowest BCUT2D eigenvalue weighted by Crippen LogP contribution is -2.53. The number of aromatic nitrogens is 2. The largest absolute Gasteiger partial charge is 0.348 e. The number of rotatable bonds is 2. The third-order valence-corrected chi connectivity index (χ3v) is 2.56. The summed E-state index contributed by atoms with van der Waals surface area (Å²) in [5, 5.41) is 3.52. The lowest BCUT2D eigenvalue weighted by Gasteiger charge is -2.35. The normalized spacial score (nSPS) is 29.3. The molecule has 0 radical (unpaired) electrons. The molecule has 0 bridgehead atoms. The fraction of sp³-hybridized carbons (Fsp3) is 0.700. The van der Waals surface area contributed by atoms with Gasteiger partial charge in [-0.25, -0.2) is 4.98 Å². The minimum absolute atomic E-state index is 0.578. The van der Waals surface area contributed by atoms with Crippen molar-refractivity contribution in [2.75, 3.05) is 13.1 Å². The fourth-order valence-electron chi connectivity index (χ4n) is 2.17. The van der Waals surface area contributed by atoms with Crippen LogP contribution in [-0.2, 0) is 6.54 Å². The van der Waals surface area contributed by atoms with Crippen LogP contribution in [0.5, 0.6) is 0 Å². The van der Waals surface area contributed by atoms with E-state index in [-0.39, 0.29) is 0 Å². The smallest absolute Gasteiger partial charge is 0.120 e. The van der Waals surface area contributed by atoms with E-state index in [1.54, 1.807) is 0 Å². The molecule has 2 N–H and O–H groups in total. The summed E-state index contributed by atoms with van der Waals surface area (Å²) >= 11 is 0. The summed E-state index contributed by atoms with van der Waals surface area (Å²) in [6.07, 6.45) is 3.69. The molecule has 1 aliphatic heterocycles. The standard InChI is InChI=1S/C10H18N4/c1-8-5-14(6-9(2)13-8)7-10-11-3-4-12-10/h3-4,8-9,13H,5-7H2,1-2H3,(H,11,12)/t8-,9+. The molecule has 0 unspecified atom stereocenters. The third-order valence-electron chi connectivity index (χ3n) is 2.56. The molecule has 2 heterocycles. The fourth-order valence-corrected chi connectivity index (χ4v) is 2.17. The summed E-state index contributed by atoms with van der Waals surface area (Å²) in [4.78, 5) is 9.82. The maximum Gasteiger partial charge on any atom is 0.120 e. The molecule has 0 amide bonds. The first-order chi connectivity index (χ1) is 6.74. The van der Waals surface area contributed by atoms with Crippen LogP contribution in [0.4, 0.5) is 0 Å². The molecule has 78 valence electrons. The molecule has 2 atom stereocenters. The van der Waals surface area contributed by atoms with Gasteiger partial charge in [-0.3, -0.25) is 4.90 Å². The summed E-state index contributed by atoms with van der Waals surface area (Å²) < 4.78 is 0. The Balaban J connectivity index is 1.91. The van der Waals surface area contributed by atoms with Crippen LogP contribution in [0.15, 0.2) is 12.4 Å². The van der Waals surface area contributed by atoms with Gasteiger partial charge >= 0.3 is 0 Å². The zero-order chi connectivity index (χ0) is 9.97. The highest BCUT2D eigenvalue weighted by molar-refractivity contribution is 4.89. The molecule has 1 fully saturated rings. The van der Waals surface area contributed by atoms with Crippen LogP contribution in [0.3, 0.4) is 0 Å². The quantitative estimate of drug-likeness (QED) is 0.724. The van der Waals surface area contributed by atoms with Gasteiger partial charge in [0.2, 0.25) is 0 Å². The van der Waals surface area contributed by atoms with Crippen LogP contribution in [0, 0.1) is 0 Å². The molecular formula is C10H18N4. The molecule has 1 aliphatic rings. The molecule has 1 aromatic rings. The second-order valence-electron chi connectivity index (χ2n) is 4.20. The zero-order valence-electron chi connectivity index (χ0n) is 8.83. The number of H-pyrrole nitrogens is 1. The minimum Gasteiger partial charge on any atom is -0.348 e. The summed E-state index contributed by atoms with van der Waals surface area (Å²) in [5.74, 6) is 1.06. The molecule has 0 aliphatic carbocycles. The van der Waals surface area contributed by atoms with Gasteiger partial charge in [0, 0.05) is 37.6 Å². The summed E-state index contributed by atoms with van der Waals surface area (Å²) in [6.45, 7) is 7.59. The van der Waals surface area contributed by atoms with E-state index in [2.05, 4.69) is 34.0 Å². The highest BCUT2D eigenvalue weighted by atomic mass is 15.2. The molecule has 14 heavy (non-hydrogen) atoms. The highest BCUT2D eigenvalue weighted by Crippen LogP contribution is 2.06. The molecule has 2 rings (SSSR count). The van der Waals surface area contributed by atoms with Crippen LogP contribution in [-0.4, -0.2) is 40.0 Å². The number of piperazine rings is 1. The molecule has 0 aromatic carbocycles. The molecule has 4 nitrogen and oxygen atoms in total. The summed E-state index contributed by atoms with van der Waals surface area (Å²) in [5.41, 5.74) is 0. The maximum atomic E-state index is 4.24. The number of hydrogen-bond acceptors (Lipinski definition) is 3. The summed E-state index contributed by atoms with van der Waals surface area (Å²) in [6, 6.07) is 1.16. The Labute approximate surface area is 84.7 Å². The van der Waals surface area contributed by atoms with Crippen molar-refractivity contribution in [1.29, 1.82) is 0 Å². The first kappa shape index (κ1) is 9.68. The van der Waals surface area contributed by atoms with Crippen molar-refractivity contribution >= 4 is 0 Å². The zero-order valence-corrected chi connectivity index (χ0v) is 8.83. The van der Waals surface area contributed by atoms with Gasteiger partial charge in [0.05, 0.1) is 6.54 Å². The molecule has 0 saturated carbocycles. The molecule has 1 aromatic heterocycles. The summed E-state index contributed by atoms with van der Waals surface area (Å²) in [7, 11) is 0. The van der Waals surface area contributed by atoms with Gasteiger partial charge < -0.3 is 10.3 Å². The van der Waals surface area contributed by atoms with E-state index in [9.17, 15) is 0 Å². The predicted molar refractivity (Wildman–Crippen MR) is 55.9 cm³/mol. The molecular weight excluding hydrogens is 176 g/mol. The Kier molecular flexibility index (Phi) is 2.84. The lowest BCUT2D eigenvalue weighted by atomic mass is 10.1. The van der Waals surface area contributed by atoms with Gasteiger partial charge in [-0.1, -0.05) is 0 Å². The van der Waals surface area contributed by atoms with Gasteiger partial charge in [-0.15, -0.1) is 0 Å². The number of aromatic amines is 1. The number of nitrogens with one attached hydrogen (secondary N) is 2. The SMILES string of the molecule is C[C@@H]1CN(Cc2ncc[nH]2)C[C@H](C)N1. The maximum absolute atomic E-state index is 4.24. The average molecular weight is 194 g/mol. The van der Waals surface area contributed by atoms with Crippen molar-refractivity contribution in [2.45, 2.75) is 32.5 Å². The van der Waals surface area contributed by atoms with Crippen LogP contribution >= 0.6 is 0 Å². The Morgan fingerprint density at radius 3 is 2.71 bits per heavy atom. The van der Waals surface area contributed by atoms with Gasteiger partial charge in [0.15, 0.2) is 0 Å². The van der Waals surface area contributed by atoms with E-state index in [1.807, 2.05) is 12.4 Å². The van der Waals surface area contributed by atoms with Gasteiger partial charge in [-0.05, 0) is 13.8 Å². The number of nitrogens with zero attached hydrogens (tertiary/aromatic N) is 2. The Bertz CT molecular complexity index is 260. The predicted octanol–water partition coefficient (Wildman–Crippen LogP) is 0.592. The van der Waals surface area contributed by atoms with E-state index in [0.717, 1.165) is 25.5 Å². The van der Waals surface area contributed by atoms with Crippen LogP contribution < -0.4 is 5.32 Å².